The second-order valence-electron chi connectivity index (χ2n) is 5.36. The van der Waals surface area contributed by atoms with E-state index in [-0.39, 0.29) is 17.7 Å². The number of rotatable bonds is 5. The summed E-state index contributed by atoms with van der Waals surface area (Å²) < 4.78 is 30.4. The number of carbonyl (C=O) groups is 1. The quantitative estimate of drug-likeness (QED) is 0.780. The zero-order valence-electron chi connectivity index (χ0n) is 12.6. The van der Waals surface area contributed by atoms with Crippen molar-refractivity contribution in [3.63, 3.8) is 0 Å². The molecule has 0 bridgehead atoms. The Kier molecular flexibility index (Phi) is 4.37. The van der Waals surface area contributed by atoms with Crippen molar-refractivity contribution in [2.75, 3.05) is 0 Å². The summed E-state index contributed by atoms with van der Waals surface area (Å²) in [5.41, 5.74) is 1.05. The molecule has 4 nitrogen and oxygen atoms in total. The minimum atomic E-state index is -1.12. The highest BCUT2D eigenvalue weighted by atomic mass is 19.1. The first-order valence-electron chi connectivity index (χ1n) is 7.30. The van der Waals surface area contributed by atoms with E-state index in [1.807, 2.05) is 0 Å². The fourth-order valence-electron chi connectivity index (χ4n) is 2.51. The Hall–Kier alpha value is -3.02. The van der Waals surface area contributed by atoms with Crippen molar-refractivity contribution in [1.29, 1.82) is 0 Å². The Morgan fingerprint density at radius 2 is 1.96 bits per heavy atom. The van der Waals surface area contributed by atoms with Gasteiger partial charge in [0.1, 0.15) is 11.6 Å². The minimum Gasteiger partial charge on any atom is -0.481 e. The highest BCUT2D eigenvalue weighted by Gasteiger charge is 2.14. The van der Waals surface area contributed by atoms with Gasteiger partial charge in [-0.05, 0) is 23.3 Å². The van der Waals surface area contributed by atoms with Crippen molar-refractivity contribution in [3.05, 3.63) is 77.6 Å². The maximum atomic E-state index is 14.5. The Balaban J connectivity index is 1.93. The molecule has 0 atom stereocenters. The number of hydrogen-bond donors (Lipinski definition) is 1. The van der Waals surface area contributed by atoms with Crippen LogP contribution < -0.4 is 0 Å². The van der Waals surface area contributed by atoms with Crippen LogP contribution in [0.2, 0.25) is 0 Å². The van der Waals surface area contributed by atoms with Crippen molar-refractivity contribution in [2.24, 2.45) is 0 Å². The molecule has 24 heavy (non-hydrogen) atoms. The second-order valence-corrected chi connectivity index (χ2v) is 5.36. The van der Waals surface area contributed by atoms with Crippen LogP contribution in [0.5, 0.6) is 0 Å². The lowest BCUT2D eigenvalue weighted by Gasteiger charge is -2.10. The van der Waals surface area contributed by atoms with Gasteiger partial charge in [0.05, 0.1) is 13.0 Å². The molecule has 0 fully saturated rings. The van der Waals surface area contributed by atoms with Gasteiger partial charge in [0.15, 0.2) is 0 Å². The summed E-state index contributed by atoms with van der Waals surface area (Å²) in [5, 5.41) is 12.8. The van der Waals surface area contributed by atoms with Crippen molar-refractivity contribution >= 4 is 5.97 Å². The lowest BCUT2D eigenvalue weighted by molar-refractivity contribution is -0.136. The van der Waals surface area contributed by atoms with E-state index in [2.05, 4.69) is 5.10 Å². The van der Waals surface area contributed by atoms with E-state index >= 15 is 0 Å². The van der Waals surface area contributed by atoms with E-state index in [0.29, 0.717) is 11.1 Å². The fourth-order valence-corrected chi connectivity index (χ4v) is 2.51. The molecule has 0 aliphatic heterocycles. The molecule has 0 spiro atoms. The van der Waals surface area contributed by atoms with Crippen molar-refractivity contribution in [3.8, 4) is 11.1 Å². The SMILES string of the molecule is O=C(O)Cc1cccc(-c2ccc(Cn3cccn3)c(F)c2)c1F. The Morgan fingerprint density at radius 1 is 1.12 bits per heavy atom. The molecule has 1 aromatic heterocycles. The maximum absolute atomic E-state index is 14.5. The first-order chi connectivity index (χ1) is 11.5. The first-order valence-corrected chi connectivity index (χ1v) is 7.30. The summed E-state index contributed by atoms with van der Waals surface area (Å²) in [6.45, 7) is 0.278. The zero-order valence-corrected chi connectivity index (χ0v) is 12.6. The van der Waals surface area contributed by atoms with E-state index in [4.69, 9.17) is 5.11 Å². The van der Waals surface area contributed by atoms with Crippen LogP contribution in [0.15, 0.2) is 54.9 Å². The van der Waals surface area contributed by atoms with Gasteiger partial charge in [0.2, 0.25) is 0 Å². The fraction of sp³-hybridized carbons (Fsp3) is 0.111. The Morgan fingerprint density at radius 3 is 2.62 bits per heavy atom. The standard InChI is InChI=1S/C18H14F2N2O2/c19-16-9-12(5-6-14(16)11-22-8-2-7-21-22)15-4-1-3-13(18(15)20)10-17(23)24/h1-9H,10-11H2,(H,23,24). The molecule has 0 amide bonds. The summed E-state index contributed by atoms with van der Waals surface area (Å²) in [4.78, 5) is 10.8. The third-order valence-corrected chi connectivity index (χ3v) is 3.68. The van der Waals surface area contributed by atoms with Crippen LogP contribution in [0.1, 0.15) is 11.1 Å². The highest BCUT2D eigenvalue weighted by Crippen LogP contribution is 2.27. The topological polar surface area (TPSA) is 55.1 Å². The largest absolute Gasteiger partial charge is 0.481 e. The number of halogens is 2. The van der Waals surface area contributed by atoms with E-state index in [1.165, 1.54) is 18.2 Å². The summed E-state index contributed by atoms with van der Waals surface area (Å²) in [6.07, 6.45) is 2.91. The van der Waals surface area contributed by atoms with Gasteiger partial charge in [-0.15, -0.1) is 0 Å². The monoisotopic (exact) mass is 328 g/mol. The van der Waals surface area contributed by atoms with Gasteiger partial charge in [-0.25, -0.2) is 8.78 Å². The third kappa shape index (κ3) is 3.32. The first kappa shape index (κ1) is 15.9. The molecule has 1 N–H and O–H groups in total. The second kappa shape index (κ2) is 6.62. The number of carboxylic acids is 1. The number of hydrogen-bond acceptors (Lipinski definition) is 2. The van der Waals surface area contributed by atoms with Gasteiger partial charge >= 0.3 is 5.97 Å². The third-order valence-electron chi connectivity index (χ3n) is 3.68. The lowest BCUT2D eigenvalue weighted by Crippen LogP contribution is -2.04. The van der Waals surface area contributed by atoms with E-state index < -0.39 is 24.0 Å². The predicted molar refractivity (Wildman–Crippen MR) is 84.5 cm³/mol. The number of nitrogens with zero attached hydrogens (tertiary/aromatic N) is 2. The van der Waals surface area contributed by atoms with Crippen LogP contribution >= 0.6 is 0 Å². The minimum absolute atomic E-state index is 0.0704. The zero-order chi connectivity index (χ0) is 17.1. The molecule has 6 heteroatoms. The van der Waals surface area contributed by atoms with Gasteiger partial charge in [-0.2, -0.15) is 5.10 Å². The Labute approximate surface area is 137 Å². The van der Waals surface area contributed by atoms with Gasteiger partial charge < -0.3 is 5.11 Å². The predicted octanol–water partition coefficient (Wildman–Crippen LogP) is 3.50. The molecule has 0 saturated carbocycles. The van der Waals surface area contributed by atoms with Crippen LogP contribution in [-0.4, -0.2) is 20.9 Å². The normalized spacial score (nSPS) is 10.8. The molecule has 3 rings (SSSR count). The van der Waals surface area contributed by atoms with Crippen molar-refractivity contribution in [1.82, 2.24) is 9.78 Å². The van der Waals surface area contributed by atoms with E-state index in [0.717, 1.165) is 0 Å². The van der Waals surface area contributed by atoms with Crippen molar-refractivity contribution < 1.29 is 18.7 Å². The number of carboxylic acid groups (broad SMARTS) is 1. The smallest absolute Gasteiger partial charge is 0.307 e. The van der Waals surface area contributed by atoms with E-state index in [1.54, 1.807) is 41.3 Å². The average molecular weight is 328 g/mol. The molecule has 0 unspecified atom stereocenters. The van der Waals surface area contributed by atoms with Crippen LogP contribution in [-0.2, 0) is 17.8 Å². The molecule has 0 aliphatic carbocycles. The maximum Gasteiger partial charge on any atom is 0.307 e. The van der Waals surface area contributed by atoms with Gasteiger partial charge in [-0.1, -0.05) is 30.3 Å². The van der Waals surface area contributed by atoms with Crippen molar-refractivity contribution in [2.45, 2.75) is 13.0 Å². The average Bonchev–Trinajstić information content (AvgIpc) is 3.04. The molecular weight excluding hydrogens is 314 g/mol. The number of aliphatic carboxylic acids is 1. The van der Waals surface area contributed by atoms with Crippen LogP contribution in [0, 0.1) is 11.6 Å². The van der Waals surface area contributed by atoms with Crippen LogP contribution in [0.4, 0.5) is 8.78 Å². The molecule has 0 saturated heterocycles. The molecule has 1 heterocycles. The van der Waals surface area contributed by atoms with Crippen LogP contribution in [0.3, 0.4) is 0 Å². The highest BCUT2D eigenvalue weighted by molar-refractivity contribution is 5.72. The number of benzene rings is 2. The molecule has 0 aliphatic rings. The van der Waals surface area contributed by atoms with Gasteiger partial charge in [0, 0.05) is 23.5 Å². The molecular formula is C18H14F2N2O2. The molecule has 3 aromatic rings. The van der Waals surface area contributed by atoms with Gasteiger partial charge in [-0.3, -0.25) is 9.48 Å². The van der Waals surface area contributed by atoms with E-state index in [9.17, 15) is 13.6 Å². The summed E-state index contributed by atoms with van der Waals surface area (Å²) in [6, 6.07) is 10.7. The van der Waals surface area contributed by atoms with Gasteiger partial charge in [0.25, 0.3) is 0 Å². The molecule has 0 radical (unpaired) electrons. The summed E-state index contributed by atoms with van der Waals surface area (Å²) in [5.74, 6) is -2.23. The lowest BCUT2D eigenvalue weighted by atomic mass is 9.99. The number of aromatic nitrogens is 2. The van der Waals surface area contributed by atoms with Crippen LogP contribution in [0.25, 0.3) is 11.1 Å². The molecule has 2 aromatic carbocycles. The summed E-state index contributed by atoms with van der Waals surface area (Å²) in [7, 11) is 0. The molecule has 122 valence electrons. The Bertz CT molecular complexity index is 877. The summed E-state index contributed by atoms with van der Waals surface area (Å²) >= 11 is 0.